The second-order valence-corrected chi connectivity index (χ2v) is 13.2. The Hall–Kier alpha value is -0.240. The van der Waals surface area contributed by atoms with E-state index >= 15 is 0 Å². The first-order chi connectivity index (χ1) is 18.8. The topological polar surface area (TPSA) is 43.4 Å². The van der Waals surface area contributed by atoms with Gasteiger partial charge in [-0.1, -0.05) is 66.2 Å². The Morgan fingerprint density at radius 3 is 1.25 bits per heavy atom. The van der Waals surface area contributed by atoms with Crippen molar-refractivity contribution in [2.24, 2.45) is 11.8 Å². The number of hydrazine groups is 1. The fraction of sp³-hybridized carbons (Fsp3) is 1.00. The van der Waals surface area contributed by atoms with E-state index in [9.17, 15) is 0 Å². The molecule has 0 aromatic rings. The molecule has 6 heteroatoms. The largest absolute Gasteiger partial charge is 0.381 e. The Morgan fingerprint density at radius 1 is 0.575 bits per heavy atom. The van der Waals surface area contributed by atoms with Crippen LogP contribution in [0.3, 0.4) is 0 Å². The molecule has 0 saturated carbocycles. The van der Waals surface area contributed by atoms with Crippen LogP contribution in [0.2, 0.25) is 0 Å². The first kappa shape index (κ1) is 39.8. The molecule has 0 aromatic heterocycles. The van der Waals surface area contributed by atoms with Gasteiger partial charge in [-0.05, 0) is 92.9 Å². The molecule has 0 heterocycles. The van der Waals surface area contributed by atoms with Crippen LogP contribution in [-0.2, 0) is 18.9 Å². The van der Waals surface area contributed by atoms with Crippen LogP contribution in [0.5, 0.6) is 0 Å². The van der Waals surface area contributed by atoms with E-state index in [4.69, 9.17) is 18.9 Å². The van der Waals surface area contributed by atoms with Crippen LogP contribution in [0.4, 0.5) is 0 Å². The fourth-order valence-corrected chi connectivity index (χ4v) is 5.89. The summed E-state index contributed by atoms with van der Waals surface area (Å²) in [6.07, 6.45) is 12.2. The summed E-state index contributed by atoms with van der Waals surface area (Å²) in [4.78, 5) is 0. The fourth-order valence-electron chi connectivity index (χ4n) is 5.89. The van der Waals surface area contributed by atoms with Gasteiger partial charge in [0.05, 0.1) is 12.2 Å². The molecule has 0 aliphatic heterocycles. The quantitative estimate of drug-likeness (QED) is 0.0556. The highest BCUT2D eigenvalue weighted by Crippen LogP contribution is 2.32. The summed E-state index contributed by atoms with van der Waals surface area (Å²) in [5, 5.41) is 4.78. The third-order valence-corrected chi connectivity index (χ3v) is 7.55. The molecule has 0 N–H and O–H groups in total. The number of unbranched alkanes of at least 4 members (excludes halogenated alkanes) is 2. The maximum Gasteiger partial charge on any atom is 0.131 e. The summed E-state index contributed by atoms with van der Waals surface area (Å²) in [7, 11) is 0. The van der Waals surface area contributed by atoms with E-state index in [2.05, 4.69) is 93.1 Å². The van der Waals surface area contributed by atoms with Crippen LogP contribution >= 0.6 is 0 Å². The first-order valence-electron chi connectivity index (χ1n) is 16.9. The monoisotopic (exact) mass is 573 g/mol. The van der Waals surface area contributed by atoms with Crippen LogP contribution in [0.25, 0.3) is 0 Å². The molecule has 242 valence electrons. The van der Waals surface area contributed by atoms with Crippen molar-refractivity contribution in [3.63, 3.8) is 0 Å². The number of hydrogen-bond acceptors (Lipinski definition) is 6. The predicted molar refractivity (Wildman–Crippen MR) is 171 cm³/mol. The van der Waals surface area contributed by atoms with E-state index in [1.807, 2.05) is 0 Å². The van der Waals surface area contributed by atoms with Gasteiger partial charge in [0.15, 0.2) is 0 Å². The summed E-state index contributed by atoms with van der Waals surface area (Å²) in [5.74, 6) is 1.34. The smallest absolute Gasteiger partial charge is 0.131 e. The third kappa shape index (κ3) is 17.7. The molecule has 0 amide bonds. The van der Waals surface area contributed by atoms with Crippen LogP contribution in [0.15, 0.2) is 0 Å². The maximum absolute atomic E-state index is 6.51. The molecule has 0 fully saturated rings. The zero-order chi connectivity index (χ0) is 30.6. The van der Waals surface area contributed by atoms with Crippen molar-refractivity contribution in [1.82, 2.24) is 10.0 Å². The molecule has 0 bridgehead atoms. The van der Waals surface area contributed by atoms with Crippen molar-refractivity contribution in [2.45, 2.75) is 171 Å². The van der Waals surface area contributed by atoms with Gasteiger partial charge in [-0.25, -0.2) is 5.01 Å². The molecule has 2 atom stereocenters. The van der Waals surface area contributed by atoms with Crippen molar-refractivity contribution in [2.75, 3.05) is 39.5 Å². The maximum atomic E-state index is 6.51. The van der Waals surface area contributed by atoms with Crippen LogP contribution < -0.4 is 0 Å². The van der Waals surface area contributed by atoms with Gasteiger partial charge in [0.2, 0.25) is 0 Å². The van der Waals surface area contributed by atoms with Gasteiger partial charge < -0.3 is 18.9 Å². The second kappa shape index (κ2) is 22.3. The number of ether oxygens (including phenoxy) is 4. The molecule has 0 radical (unpaired) electrons. The molecular formula is C34H72N2O4. The number of hydrogen-bond donors (Lipinski definition) is 0. The minimum absolute atomic E-state index is 0.101. The molecule has 0 aliphatic carbocycles. The van der Waals surface area contributed by atoms with Gasteiger partial charge in [0, 0.05) is 39.5 Å². The van der Waals surface area contributed by atoms with E-state index < -0.39 is 11.4 Å². The molecule has 0 rings (SSSR count). The molecule has 2 unspecified atom stereocenters. The number of nitrogens with zero attached hydrogens (tertiary/aromatic N) is 2. The zero-order valence-corrected chi connectivity index (χ0v) is 29.2. The van der Waals surface area contributed by atoms with Gasteiger partial charge in [0.1, 0.15) is 11.4 Å². The van der Waals surface area contributed by atoms with Gasteiger partial charge >= 0.3 is 0 Å². The van der Waals surface area contributed by atoms with Crippen LogP contribution in [0, 0.1) is 11.8 Å². The second-order valence-electron chi connectivity index (χ2n) is 13.2. The minimum atomic E-state index is -0.546. The van der Waals surface area contributed by atoms with E-state index in [1.54, 1.807) is 0 Å². The van der Waals surface area contributed by atoms with Crippen molar-refractivity contribution in [1.29, 1.82) is 0 Å². The lowest BCUT2D eigenvalue weighted by molar-refractivity contribution is -0.333. The molecule has 6 nitrogen and oxygen atoms in total. The lowest BCUT2D eigenvalue weighted by Gasteiger charge is -2.53. The molecule has 0 spiro atoms. The van der Waals surface area contributed by atoms with E-state index in [0.717, 1.165) is 52.4 Å². The SMILES string of the molecule is CCCCC(CC)COCCCN(CCCOCC(CC)CCCC)N(C(C)(C)OC(C)C)C(C)(C)OC(C)C. The van der Waals surface area contributed by atoms with E-state index in [1.165, 1.54) is 51.4 Å². The van der Waals surface area contributed by atoms with Crippen molar-refractivity contribution < 1.29 is 18.9 Å². The molecule has 0 saturated heterocycles. The highest BCUT2D eigenvalue weighted by molar-refractivity contribution is 4.82. The van der Waals surface area contributed by atoms with Crippen molar-refractivity contribution in [3.05, 3.63) is 0 Å². The Bertz CT molecular complexity index is 534. The summed E-state index contributed by atoms with van der Waals surface area (Å²) < 4.78 is 25.4. The summed E-state index contributed by atoms with van der Waals surface area (Å²) in [5.41, 5.74) is -1.09. The van der Waals surface area contributed by atoms with Crippen LogP contribution in [-0.4, -0.2) is 73.2 Å². The average Bonchev–Trinajstić information content (AvgIpc) is 2.84. The van der Waals surface area contributed by atoms with Gasteiger partial charge in [-0.3, -0.25) is 0 Å². The normalized spacial score (nSPS) is 14.7. The van der Waals surface area contributed by atoms with Gasteiger partial charge in [-0.2, -0.15) is 5.01 Å². The highest BCUT2D eigenvalue weighted by Gasteiger charge is 2.44. The van der Waals surface area contributed by atoms with Crippen molar-refractivity contribution >= 4 is 0 Å². The summed E-state index contributed by atoms with van der Waals surface area (Å²) in [6.45, 7) is 31.2. The van der Waals surface area contributed by atoms with Crippen molar-refractivity contribution in [3.8, 4) is 0 Å². The standard InChI is InChI=1S/C34H72N2O4/c1-13-17-21-31(15-3)27-37-25-19-23-35(24-20-26-38-28-32(16-4)22-18-14-2)36(33(9,10)39-29(5)6)34(11,12)40-30(7)8/h29-32H,13-28H2,1-12H3. The highest BCUT2D eigenvalue weighted by atomic mass is 16.6. The lowest BCUT2D eigenvalue weighted by Crippen LogP contribution is -2.66. The van der Waals surface area contributed by atoms with Crippen LogP contribution in [0.1, 0.15) is 147 Å². The molecular weight excluding hydrogens is 500 g/mol. The zero-order valence-electron chi connectivity index (χ0n) is 29.2. The van der Waals surface area contributed by atoms with Gasteiger partial charge in [0.25, 0.3) is 0 Å². The summed E-state index contributed by atoms with van der Waals surface area (Å²) >= 11 is 0. The Morgan fingerprint density at radius 2 is 0.950 bits per heavy atom. The van der Waals surface area contributed by atoms with E-state index in [-0.39, 0.29) is 12.2 Å². The Balaban J connectivity index is 5.50. The third-order valence-electron chi connectivity index (χ3n) is 7.55. The Kier molecular flexibility index (Phi) is 22.2. The summed E-state index contributed by atoms with van der Waals surface area (Å²) in [6, 6.07) is 0. The first-order valence-corrected chi connectivity index (χ1v) is 16.9. The Labute approximate surface area is 251 Å². The molecule has 0 aromatic carbocycles. The minimum Gasteiger partial charge on any atom is -0.381 e. The van der Waals surface area contributed by atoms with Gasteiger partial charge in [-0.15, -0.1) is 0 Å². The van der Waals surface area contributed by atoms with E-state index in [0.29, 0.717) is 11.8 Å². The lowest BCUT2D eigenvalue weighted by atomic mass is 10.0. The predicted octanol–water partition coefficient (Wildman–Crippen LogP) is 9.07. The molecule has 0 aliphatic rings. The number of rotatable bonds is 27. The molecule has 40 heavy (non-hydrogen) atoms. The average molecular weight is 573 g/mol.